The van der Waals surface area contributed by atoms with Gasteiger partial charge < -0.3 is 14.9 Å². The Morgan fingerprint density at radius 3 is 2.18 bits per heavy atom. The highest BCUT2D eigenvalue weighted by Gasteiger charge is 2.23. The summed E-state index contributed by atoms with van der Waals surface area (Å²) in [6.07, 6.45) is -1.91. The molecule has 0 saturated carbocycles. The van der Waals surface area contributed by atoms with Crippen LogP contribution in [0.2, 0.25) is 0 Å². The van der Waals surface area contributed by atoms with Crippen molar-refractivity contribution < 1.29 is 33.7 Å². The number of amides is 1. The standard InChI is InChI=1S/C14H22FNO6/c1-8(16-13(21)22-14(2,3)4)10(15)7-9(12(19)20)5-6-11(17)18/h9H,5-7H2,1-4H3,(H,16,21)(H,17,18)(H,19,20)/t9-/m1/s1. The molecule has 0 heterocycles. The SMILES string of the molecule is CC(NC(=O)OC(C)(C)C)=C(F)C[C@@H](CCC(=O)O)C(=O)O. The number of carboxylic acids is 2. The number of aliphatic carboxylic acids is 2. The lowest BCUT2D eigenvalue weighted by Crippen LogP contribution is -2.32. The molecule has 0 aliphatic rings. The number of halogens is 1. The predicted molar refractivity (Wildman–Crippen MR) is 75.8 cm³/mol. The highest BCUT2D eigenvalue weighted by molar-refractivity contribution is 5.73. The Hall–Kier alpha value is -2.12. The van der Waals surface area contributed by atoms with Crippen LogP contribution >= 0.6 is 0 Å². The zero-order valence-electron chi connectivity index (χ0n) is 13.1. The van der Waals surface area contributed by atoms with Gasteiger partial charge >= 0.3 is 18.0 Å². The Balaban J connectivity index is 4.74. The van der Waals surface area contributed by atoms with E-state index >= 15 is 0 Å². The lowest BCUT2D eigenvalue weighted by Gasteiger charge is -2.20. The van der Waals surface area contributed by atoms with Gasteiger partial charge in [-0.15, -0.1) is 0 Å². The molecule has 7 nitrogen and oxygen atoms in total. The van der Waals surface area contributed by atoms with E-state index in [1.165, 1.54) is 6.92 Å². The second kappa shape index (κ2) is 8.35. The number of rotatable bonds is 7. The van der Waals surface area contributed by atoms with Gasteiger partial charge in [0.15, 0.2) is 0 Å². The summed E-state index contributed by atoms with van der Waals surface area (Å²) in [7, 11) is 0. The molecule has 0 rings (SSSR count). The number of carbonyl (C=O) groups is 3. The first-order chi connectivity index (χ1) is 9.92. The van der Waals surface area contributed by atoms with Crippen molar-refractivity contribution in [1.29, 1.82) is 0 Å². The van der Waals surface area contributed by atoms with Crippen LogP contribution in [0.3, 0.4) is 0 Å². The molecule has 0 aliphatic heterocycles. The summed E-state index contributed by atoms with van der Waals surface area (Å²) in [5.41, 5.74) is -0.901. The van der Waals surface area contributed by atoms with Gasteiger partial charge in [0.05, 0.1) is 5.92 Å². The molecule has 8 heteroatoms. The van der Waals surface area contributed by atoms with Gasteiger partial charge in [0, 0.05) is 18.5 Å². The van der Waals surface area contributed by atoms with E-state index in [4.69, 9.17) is 14.9 Å². The minimum atomic E-state index is -1.29. The van der Waals surface area contributed by atoms with Crippen molar-refractivity contribution >= 4 is 18.0 Å². The fourth-order valence-electron chi connectivity index (χ4n) is 1.50. The Kier molecular flexibility index (Phi) is 7.55. The number of nitrogens with one attached hydrogen (secondary N) is 1. The van der Waals surface area contributed by atoms with Gasteiger partial charge in [-0.2, -0.15) is 0 Å². The van der Waals surface area contributed by atoms with E-state index in [-0.39, 0.29) is 18.5 Å². The third-order valence-electron chi connectivity index (χ3n) is 2.58. The molecule has 0 saturated heterocycles. The van der Waals surface area contributed by atoms with Crippen molar-refractivity contribution in [3.8, 4) is 0 Å². The summed E-state index contributed by atoms with van der Waals surface area (Å²) < 4.78 is 18.9. The maximum Gasteiger partial charge on any atom is 0.411 e. The molecule has 126 valence electrons. The van der Waals surface area contributed by atoms with Crippen molar-refractivity contribution in [3.63, 3.8) is 0 Å². The van der Waals surface area contributed by atoms with Crippen molar-refractivity contribution in [2.24, 2.45) is 5.92 Å². The summed E-state index contributed by atoms with van der Waals surface area (Å²) in [5, 5.41) is 19.7. The molecule has 0 aromatic carbocycles. The monoisotopic (exact) mass is 319 g/mol. The minimum Gasteiger partial charge on any atom is -0.481 e. The normalized spacial score (nSPS) is 13.9. The Morgan fingerprint density at radius 1 is 1.23 bits per heavy atom. The second-order valence-electron chi connectivity index (χ2n) is 5.83. The van der Waals surface area contributed by atoms with Crippen LogP contribution in [0.5, 0.6) is 0 Å². The van der Waals surface area contributed by atoms with Crippen LogP contribution in [0.25, 0.3) is 0 Å². The van der Waals surface area contributed by atoms with Crippen molar-refractivity contribution in [1.82, 2.24) is 5.32 Å². The molecule has 0 aliphatic carbocycles. The lowest BCUT2D eigenvalue weighted by molar-refractivity contribution is -0.143. The van der Waals surface area contributed by atoms with E-state index < -0.39 is 41.8 Å². The van der Waals surface area contributed by atoms with Crippen LogP contribution < -0.4 is 5.32 Å². The number of alkyl carbamates (subject to hydrolysis) is 1. The summed E-state index contributed by atoms with van der Waals surface area (Å²) in [4.78, 5) is 32.9. The average molecular weight is 319 g/mol. The third-order valence-corrected chi connectivity index (χ3v) is 2.58. The van der Waals surface area contributed by atoms with Crippen molar-refractivity contribution in [3.05, 3.63) is 11.5 Å². The maximum absolute atomic E-state index is 13.9. The molecule has 0 unspecified atom stereocenters. The molecule has 0 spiro atoms. The number of hydrogen-bond acceptors (Lipinski definition) is 4. The number of allylic oxidation sites excluding steroid dienone is 2. The number of ether oxygens (including phenoxy) is 1. The smallest absolute Gasteiger partial charge is 0.411 e. The van der Waals surface area contributed by atoms with Crippen LogP contribution in [0.1, 0.15) is 47.0 Å². The van der Waals surface area contributed by atoms with Crippen molar-refractivity contribution in [2.75, 3.05) is 0 Å². The molecule has 1 atom stereocenters. The zero-order chi connectivity index (χ0) is 17.5. The zero-order valence-corrected chi connectivity index (χ0v) is 13.1. The molecular weight excluding hydrogens is 297 g/mol. The van der Waals surface area contributed by atoms with E-state index in [1.54, 1.807) is 20.8 Å². The van der Waals surface area contributed by atoms with E-state index in [9.17, 15) is 18.8 Å². The topological polar surface area (TPSA) is 113 Å². The highest BCUT2D eigenvalue weighted by atomic mass is 19.1. The van der Waals surface area contributed by atoms with Gasteiger partial charge in [-0.25, -0.2) is 9.18 Å². The van der Waals surface area contributed by atoms with Gasteiger partial charge in [-0.3, -0.25) is 14.9 Å². The van der Waals surface area contributed by atoms with E-state index in [1.807, 2.05) is 0 Å². The Labute approximate surface area is 128 Å². The predicted octanol–water partition coefficient (Wildman–Crippen LogP) is 2.67. The first-order valence-electron chi connectivity index (χ1n) is 6.72. The van der Waals surface area contributed by atoms with Crippen LogP contribution in [0.4, 0.5) is 9.18 Å². The quantitative estimate of drug-likeness (QED) is 0.665. The fraction of sp³-hybridized carbons (Fsp3) is 0.643. The molecule has 0 fully saturated rings. The Bertz CT molecular complexity index is 466. The minimum absolute atomic E-state index is 0.157. The summed E-state index contributed by atoms with van der Waals surface area (Å²) in [6.45, 7) is 6.21. The maximum atomic E-state index is 13.9. The molecule has 3 N–H and O–H groups in total. The van der Waals surface area contributed by atoms with Crippen LogP contribution in [-0.2, 0) is 14.3 Å². The second-order valence-corrected chi connectivity index (χ2v) is 5.83. The van der Waals surface area contributed by atoms with Crippen molar-refractivity contribution in [2.45, 2.75) is 52.6 Å². The van der Waals surface area contributed by atoms with Gasteiger partial charge in [-0.05, 0) is 34.1 Å². The molecule has 1 amide bonds. The first-order valence-corrected chi connectivity index (χ1v) is 6.72. The third kappa shape index (κ3) is 8.93. The highest BCUT2D eigenvalue weighted by Crippen LogP contribution is 2.21. The fourth-order valence-corrected chi connectivity index (χ4v) is 1.50. The number of hydrogen-bond donors (Lipinski definition) is 3. The lowest BCUT2D eigenvalue weighted by atomic mass is 9.98. The van der Waals surface area contributed by atoms with Crippen LogP contribution in [-0.4, -0.2) is 33.8 Å². The van der Waals surface area contributed by atoms with E-state index in [0.29, 0.717) is 0 Å². The van der Waals surface area contributed by atoms with Crippen LogP contribution in [0.15, 0.2) is 11.5 Å². The molecular formula is C14H22FNO6. The average Bonchev–Trinajstić information content (AvgIpc) is 2.30. The largest absolute Gasteiger partial charge is 0.481 e. The van der Waals surface area contributed by atoms with E-state index in [0.717, 1.165) is 0 Å². The molecule has 22 heavy (non-hydrogen) atoms. The number of carbonyl (C=O) groups excluding carboxylic acids is 1. The van der Waals surface area contributed by atoms with Gasteiger partial charge in [0.1, 0.15) is 11.4 Å². The Morgan fingerprint density at radius 2 is 1.77 bits per heavy atom. The summed E-state index contributed by atoms with van der Waals surface area (Å²) >= 11 is 0. The molecule has 0 bridgehead atoms. The summed E-state index contributed by atoms with van der Waals surface area (Å²) in [6, 6.07) is 0. The molecule has 0 radical (unpaired) electrons. The van der Waals surface area contributed by atoms with Gasteiger partial charge in [-0.1, -0.05) is 0 Å². The van der Waals surface area contributed by atoms with Crippen LogP contribution in [0, 0.1) is 5.92 Å². The molecule has 0 aromatic heterocycles. The number of carboxylic acid groups (broad SMARTS) is 2. The first kappa shape index (κ1) is 19.9. The van der Waals surface area contributed by atoms with E-state index in [2.05, 4.69) is 5.32 Å². The van der Waals surface area contributed by atoms with Gasteiger partial charge in [0.2, 0.25) is 0 Å². The summed E-state index contributed by atoms with van der Waals surface area (Å²) in [5.74, 6) is -4.45. The van der Waals surface area contributed by atoms with Gasteiger partial charge in [0.25, 0.3) is 0 Å². The molecule has 0 aromatic rings.